The second-order valence-electron chi connectivity index (χ2n) is 5.81. The molecular formula is C15H22O3. The Morgan fingerprint density at radius 1 is 1.28 bits per heavy atom. The van der Waals surface area contributed by atoms with Gasteiger partial charge in [0.1, 0.15) is 5.75 Å². The maximum absolute atomic E-state index is 10.5. The summed E-state index contributed by atoms with van der Waals surface area (Å²) < 4.78 is 0. The van der Waals surface area contributed by atoms with Gasteiger partial charge in [-0.05, 0) is 41.9 Å². The molecule has 0 amide bonds. The lowest BCUT2D eigenvalue weighted by Crippen LogP contribution is -2.12. The van der Waals surface area contributed by atoms with Crippen molar-refractivity contribution in [3.63, 3.8) is 0 Å². The summed E-state index contributed by atoms with van der Waals surface area (Å²) in [5, 5.41) is 18.7. The molecule has 0 heterocycles. The van der Waals surface area contributed by atoms with E-state index in [-0.39, 0.29) is 11.8 Å². The van der Waals surface area contributed by atoms with Crippen LogP contribution in [-0.4, -0.2) is 16.2 Å². The van der Waals surface area contributed by atoms with Gasteiger partial charge in [0.15, 0.2) is 0 Å². The number of phenols is 1. The van der Waals surface area contributed by atoms with Crippen molar-refractivity contribution in [2.45, 2.75) is 52.4 Å². The number of rotatable bonds is 4. The monoisotopic (exact) mass is 250 g/mol. The molecule has 0 aliphatic rings. The van der Waals surface area contributed by atoms with E-state index in [1.54, 1.807) is 0 Å². The molecule has 0 atom stereocenters. The molecule has 2 N–H and O–H groups in total. The number of hydrogen-bond acceptors (Lipinski definition) is 2. The normalized spacial score (nSPS) is 11.6. The van der Waals surface area contributed by atoms with Gasteiger partial charge in [0.25, 0.3) is 0 Å². The summed E-state index contributed by atoms with van der Waals surface area (Å²) in [6, 6.07) is 3.93. The second kappa shape index (κ2) is 5.42. The Bertz CT molecular complexity index is 442. The topological polar surface area (TPSA) is 57.5 Å². The highest BCUT2D eigenvalue weighted by Crippen LogP contribution is 2.34. The second-order valence-corrected chi connectivity index (χ2v) is 5.81. The molecule has 0 spiro atoms. The molecule has 1 aromatic rings. The van der Waals surface area contributed by atoms with Crippen molar-refractivity contribution in [2.75, 3.05) is 0 Å². The van der Waals surface area contributed by atoms with Crippen LogP contribution >= 0.6 is 0 Å². The van der Waals surface area contributed by atoms with Gasteiger partial charge in [0.05, 0.1) is 0 Å². The Kier molecular flexibility index (Phi) is 4.38. The van der Waals surface area contributed by atoms with Crippen molar-refractivity contribution in [3.8, 4) is 5.75 Å². The van der Waals surface area contributed by atoms with E-state index in [1.165, 1.54) is 0 Å². The fraction of sp³-hybridized carbons (Fsp3) is 0.533. The first-order valence-electron chi connectivity index (χ1n) is 6.26. The molecule has 18 heavy (non-hydrogen) atoms. The van der Waals surface area contributed by atoms with E-state index in [0.29, 0.717) is 12.2 Å². The Labute approximate surface area is 108 Å². The molecule has 0 saturated carbocycles. The highest BCUT2D eigenvalue weighted by molar-refractivity contribution is 5.66. The smallest absolute Gasteiger partial charge is 0.303 e. The molecule has 0 aliphatic carbocycles. The van der Waals surface area contributed by atoms with Crippen molar-refractivity contribution in [2.24, 2.45) is 0 Å². The summed E-state index contributed by atoms with van der Waals surface area (Å²) in [6.07, 6.45) is 1.55. The first kappa shape index (κ1) is 14.6. The standard InChI is InChI=1S/C15H22O3/c1-10-8-11(6-5-7-13(16)17)9-12(14(10)18)15(2,3)4/h8-9,18H,5-7H2,1-4H3,(H,16,17). The summed E-state index contributed by atoms with van der Waals surface area (Å²) in [5.74, 6) is -0.411. The van der Waals surface area contributed by atoms with E-state index in [0.717, 1.165) is 23.1 Å². The number of hydrogen-bond donors (Lipinski definition) is 2. The summed E-state index contributed by atoms with van der Waals surface area (Å²) in [5.41, 5.74) is 2.76. The predicted octanol–water partition coefficient (Wildman–Crippen LogP) is 3.41. The molecule has 1 aromatic carbocycles. The highest BCUT2D eigenvalue weighted by Gasteiger charge is 2.20. The van der Waals surface area contributed by atoms with Gasteiger partial charge in [-0.1, -0.05) is 32.9 Å². The molecule has 3 nitrogen and oxygen atoms in total. The lowest BCUT2D eigenvalue weighted by Gasteiger charge is -2.22. The van der Waals surface area contributed by atoms with Gasteiger partial charge in [-0.2, -0.15) is 0 Å². The van der Waals surface area contributed by atoms with Crippen molar-refractivity contribution < 1.29 is 15.0 Å². The number of aryl methyl sites for hydroxylation is 2. The molecule has 0 fully saturated rings. The molecule has 0 aromatic heterocycles. The minimum atomic E-state index is -0.762. The summed E-state index contributed by atoms with van der Waals surface area (Å²) in [7, 11) is 0. The number of carboxylic acid groups (broad SMARTS) is 1. The van der Waals surface area contributed by atoms with Crippen molar-refractivity contribution in [1.29, 1.82) is 0 Å². The largest absolute Gasteiger partial charge is 0.507 e. The third kappa shape index (κ3) is 3.76. The van der Waals surface area contributed by atoms with E-state index in [4.69, 9.17) is 5.11 Å². The molecule has 3 heteroatoms. The maximum atomic E-state index is 10.5. The van der Waals surface area contributed by atoms with E-state index < -0.39 is 5.97 Å². The van der Waals surface area contributed by atoms with E-state index in [2.05, 4.69) is 20.8 Å². The van der Waals surface area contributed by atoms with Crippen LogP contribution in [0.1, 0.15) is 50.3 Å². The van der Waals surface area contributed by atoms with Gasteiger partial charge in [-0.15, -0.1) is 0 Å². The van der Waals surface area contributed by atoms with E-state index in [1.807, 2.05) is 19.1 Å². The molecule has 1 rings (SSSR count). The van der Waals surface area contributed by atoms with Crippen LogP contribution in [0.15, 0.2) is 12.1 Å². The third-order valence-corrected chi connectivity index (χ3v) is 3.02. The van der Waals surface area contributed by atoms with Crippen LogP contribution in [0.2, 0.25) is 0 Å². The van der Waals surface area contributed by atoms with Gasteiger partial charge in [0, 0.05) is 6.42 Å². The molecule has 0 radical (unpaired) electrons. The van der Waals surface area contributed by atoms with Gasteiger partial charge in [0.2, 0.25) is 0 Å². The van der Waals surface area contributed by atoms with Crippen LogP contribution in [0.5, 0.6) is 5.75 Å². The number of carbonyl (C=O) groups is 1. The number of carboxylic acids is 1. The van der Waals surface area contributed by atoms with Crippen LogP contribution in [-0.2, 0) is 16.6 Å². The Hall–Kier alpha value is -1.51. The van der Waals surface area contributed by atoms with Gasteiger partial charge >= 0.3 is 5.97 Å². The Balaban J connectivity index is 2.95. The maximum Gasteiger partial charge on any atom is 0.303 e. The van der Waals surface area contributed by atoms with Crippen LogP contribution in [0.4, 0.5) is 0 Å². The van der Waals surface area contributed by atoms with Crippen LogP contribution in [0, 0.1) is 6.92 Å². The van der Waals surface area contributed by atoms with Crippen molar-refractivity contribution in [1.82, 2.24) is 0 Å². The fourth-order valence-electron chi connectivity index (χ4n) is 2.01. The zero-order chi connectivity index (χ0) is 13.9. The lowest BCUT2D eigenvalue weighted by molar-refractivity contribution is -0.137. The van der Waals surface area contributed by atoms with E-state index >= 15 is 0 Å². The summed E-state index contributed by atoms with van der Waals surface area (Å²) >= 11 is 0. The quantitative estimate of drug-likeness (QED) is 0.861. The van der Waals surface area contributed by atoms with Crippen molar-refractivity contribution >= 4 is 5.97 Å². The zero-order valence-corrected chi connectivity index (χ0v) is 11.6. The van der Waals surface area contributed by atoms with Gasteiger partial charge in [-0.25, -0.2) is 0 Å². The minimum absolute atomic E-state index is 0.113. The van der Waals surface area contributed by atoms with Gasteiger partial charge < -0.3 is 10.2 Å². The van der Waals surface area contributed by atoms with Crippen LogP contribution in [0.3, 0.4) is 0 Å². The molecule has 100 valence electrons. The predicted molar refractivity (Wildman–Crippen MR) is 72.1 cm³/mol. The third-order valence-electron chi connectivity index (χ3n) is 3.02. The lowest BCUT2D eigenvalue weighted by atomic mass is 9.83. The first-order chi connectivity index (χ1) is 8.21. The number of benzene rings is 1. The molecule has 0 saturated heterocycles. The number of phenolic OH excluding ortho intramolecular Hbond substituents is 1. The van der Waals surface area contributed by atoms with Crippen LogP contribution in [0.25, 0.3) is 0 Å². The fourth-order valence-corrected chi connectivity index (χ4v) is 2.01. The van der Waals surface area contributed by atoms with Crippen LogP contribution < -0.4 is 0 Å². The average molecular weight is 250 g/mol. The Morgan fingerprint density at radius 2 is 1.89 bits per heavy atom. The average Bonchev–Trinajstić information content (AvgIpc) is 2.20. The number of aromatic hydroxyl groups is 1. The summed E-state index contributed by atoms with van der Waals surface area (Å²) in [4.78, 5) is 10.5. The molecular weight excluding hydrogens is 228 g/mol. The highest BCUT2D eigenvalue weighted by atomic mass is 16.4. The molecule has 0 aliphatic heterocycles. The number of aliphatic carboxylic acids is 1. The Morgan fingerprint density at radius 3 is 2.39 bits per heavy atom. The van der Waals surface area contributed by atoms with Crippen molar-refractivity contribution in [3.05, 3.63) is 28.8 Å². The molecule has 0 unspecified atom stereocenters. The summed E-state index contributed by atoms with van der Waals surface area (Å²) in [6.45, 7) is 8.05. The first-order valence-corrected chi connectivity index (χ1v) is 6.26. The minimum Gasteiger partial charge on any atom is -0.507 e. The SMILES string of the molecule is Cc1cc(CCCC(=O)O)cc(C(C)(C)C)c1O. The zero-order valence-electron chi connectivity index (χ0n) is 11.6. The van der Waals surface area contributed by atoms with E-state index in [9.17, 15) is 9.90 Å². The molecule has 0 bridgehead atoms. The van der Waals surface area contributed by atoms with Gasteiger partial charge in [-0.3, -0.25) is 4.79 Å².